The number of hydrogen-bond acceptors (Lipinski definition) is 7. The first-order valence-corrected chi connectivity index (χ1v) is 12.4. The molecule has 1 fully saturated rings. The number of rotatable bonds is 9. The number of amides is 1. The number of carbonyl (C=O) groups excluding carboxylic acids is 1. The lowest BCUT2D eigenvalue weighted by atomic mass is 9.93. The summed E-state index contributed by atoms with van der Waals surface area (Å²) in [6.45, 7) is 7.33. The van der Waals surface area contributed by atoms with Gasteiger partial charge in [-0.15, -0.1) is 0 Å². The van der Waals surface area contributed by atoms with Gasteiger partial charge in [0.25, 0.3) is 5.91 Å². The van der Waals surface area contributed by atoms with E-state index < -0.39 is 0 Å². The van der Waals surface area contributed by atoms with Crippen molar-refractivity contribution in [3.63, 3.8) is 0 Å². The molecule has 2 aromatic heterocycles. The lowest BCUT2D eigenvalue weighted by Crippen LogP contribution is -2.31. The second-order valence-corrected chi connectivity index (χ2v) is 8.77. The van der Waals surface area contributed by atoms with Crippen LogP contribution in [0.5, 0.6) is 5.75 Å². The van der Waals surface area contributed by atoms with Gasteiger partial charge in [0, 0.05) is 18.8 Å². The third kappa shape index (κ3) is 5.39. The van der Waals surface area contributed by atoms with Crippen molar-refractivity contribution in [3.8, 4) is 5.75 Å². The summed E-state index contributed by atoms with van der Waals surface area (Å²) in [6.07, 6.45) is 7.28. The van der Waals surface area contributed by atoms with Crippen LogP contribution in [0.25, 0.3) is 11.0 Å². The van der Waals surface area contributed by atoms with Gasteiger partial charge in [0.2, 0.25) is 0 Å². The Labute approximate surface area is 205 Å². The van der Waals surface area contributed by atoms with Gasteiger partial charge in [-0.2, -0.15) is 5.10 Å². The van der Waals surface area contributed by atoms with Crippen molar-refractivity contribution in [2.75, 3.05) is 11.9 Å². The lowest BCUT2D eigenvalue weighted by Gasteiger charge is -2.26. The van der Waals surface area contributed by atoms with Crippen LogP contribution in [0.3, 0.4) is 0 Å². The number of anilines is 1. The maximum Gasteiger partial charge on any atom is 0.255 e. The van der Waals surface area contributed by atoms with E-state index in [9.17, 15) is 4.79 Å². The molecule has 0 radical (unpaired) electrons. The van der Waals surface area contributed by atoms with Crippen LogP contribution >= 0.6 is 0 Å². The van der Waals surface area contributed by atoms with Crippen molar-refractivity contribution >= 4 is 28.3 Å². The van der Waals surface area contributed by atoms with Crippen LogP contribution in [0.2, 0.25) is 0 Å². The molecule has 3 N–H and O–H groups in total. The number of pyridine rings is 1. The quantitative estimate of drug-likeness (QED) is 0.297. The number of fused-ring (bicyclic) bond motifs is 1. The first-order valence-electron chi connectivity index (χ1n) is 12.4. The molecule has 1 aliphatic rings. The molecular weight excluding hydrogens is 444 g/mol. The van der Waals surface area contributed by atoms with Crippen LogP contribution in [0.4, 0.5) is 5.69 Å². The molecule has 186 valence electrons. The van der Waals surface area contributed by atoms with Crippen LogP contribution in [-0.4, -0.2) is 44.2 Å². The molecule has 0 bridgehead atoms. The zero-order valence-corrected chi connectivity index (χ0v) is 20.6. The van der Waals surface area contributed by atoms with Crippen LogP contribution in [0.1, 0.15) is 74.8 Å². The van der Waals surface area contributed by atoms with Crippen LogP contribution in [0.15, 0.2) is 41.8 Å². The van der Waals surface area contributed by atoms with E-state index in [4.69, 9.17) is 9.94 Å². The fourth-order valence-corrected chi connectivity index (χ4v) is 4.61. The standard InChI is InChI=1S/C26H34N6O3/c1-4-23(17-7-13-20(14-8-17)35-6-3)30-26(33)22-15-27-25-21(16-28-32(25)5-2)24(22)29-18-9-11-19(31-34)12-10-18/h7-8,13-16,18,23,34H,4-6,9-12H2,1-3H3,(H,27,29)(H,30,33). The summed E-state index contributed by atoms with van der Waals surface area (Å²) >= 11 is 0. The summed E-state index contributed by atoms with van der Waals surface area (Å²) < 4.78 is 7.37. The Morgan fingerprint density at radius 2 is 1.94 bits per heavy atom. The monoisotopic (exact) mass is 478 g/mol. The molecule has 0 spiro atoms. The van der Waals surface area contributed by atoms with E-state index in [-0.39, 0.29) is 18.0 Å². The number of aryl methyl sites for hydroxylation is 1. The number of benzene rings is 1. The summed E-state index contributed by atoms with van der Waals surface area (Å²) in [7, 11) is 0. The Hall–Kier alpha value is -3.62. The molecule has 1 saturated carbocycles. The van der Waals surface area contributed by atoms with E-state index in [1.165, 1.54) is 0 Å². The zero-order chi connectivity index (χ0) is 24.8. The molecule has 1 unspecified atom stereocenters. The number of aromatic nitrogens is 3. The number of carbonyl (C=O) groups is 1. The summed E-state index contributed by atoms with van der Waals surface area (Å²) in [4.78, 5) is 18.1. The van der Waals surface area contributed by atoms with Crippen molar-refractivity contribution in [2.45, 2.75) is 71.5 Å². The van der Waals surface area contributed by atoms with Crippen molar-refractivity contribution in [2.24, 2.45) is 5.16 Å². The van der Waals surface area contributed by atoms with E-state index in [0.29, 0.717) is 18.7 Å². The number of hydrogen-bond donors (Lipinski definition) is 3. The normalized spacial score (nSPS) is 16.7. The second-order valence-electron chi connectivity index (χ2n) is 8.77. The number of oxime groups is 1. The summed E-state index contributed by atoms with van der Waals surface area (Å²) in [5, 5.41) is 24.5. The average molecular weight is 479 g/mol. The summed E-state index contributed by atoms with van der Waals surface area (Å²) in [5.74, 6) is 0.633. The first kappa shape index (κ1) is 24.5. The van der Waals surface area contributed by atoms with Gasteiger partial charge in [-0.1, -0.05) is 24.2 Å². The SMILES string of the molecule is CCOc1ccc(C(CC)NC(=O)c2cnc3c(cnn3CC)c2NC2CCC(=NO)CC2)cc1. The molecule has 4 rings (SSSR count). The topological polar surface area (TPSA) is 114 Å². The Morgan fingerprint density at radius 3 is 2.57 bits per heavy atom. The predicted molar refractivity (Wildman–Crippen MR) is 136 cm³/mol. The number of nitrogens with zero attached hydrogens (tertiary/aromatic N) is 4. The van der Waals surface area contributed by atoms with E-state index in [0.717, 1.165) is 65.8 Å². The highest BCUT2D eigenvalue weighted by Crippen LogP contribution is 2.30. The minimum absolute atomic E-state index is 0.141. The minimum Gasteiger partial charge on any atom is -0.494 e. The van der Waals surface area contributed by atoms with Crippen molar-refractivity contribution in [1.82, 2.24) is 20.1 Å². The maximum absolute atomic E-state index is 13.5. The molecule has 9 heteroatoms. The molecule has 2 heterocycles. The molecule has 9 nitrogen and oxygen atoms in total. The molecule has 1 aliphatic carbocycles. The van der Waals surface area contributed by atoms with E-state index in [2.05, 4.69) is 32.8 Å². The fraction of sp³-hybridized carbons (Fsp3) is 0.462. The summed E-state index contributed by atoms with van der Waals surface area (Å²) in [5.41, 5.74) is 3.84. The van der Waals surface area contributed by atoms with Crippen LogP contribution < -0.4 is 15.4 Å². The third-order valence-corrected chi connectivity index (χ3v) is 6.57. The summed E-state index contributed by atoms with van der Waals surface area (Å²) in [6, 6.07) is 7.87. The molecule has 35 heavy (non-hydrogen) atoms. The van der Waals surface area contributed by atoms with Gasteiger partial charge in [-0.05, 0) is 63.6 Å². The highest BCUT2D eigenvalue weighted by atomic mass is 16.5. The Bertz CT molecular complexity index is 1180. The van der Waals surface area contributed by atoms with Crippen molar-refractivity contribution < 1.29 is 14.7 Å². The van der Waals surface area contributed by atoms with Crippen LogP contribution in [-0.2, 0) is 6.54 Å². The molecule has 1 atom stereocenters. The number of nitrogens with one attached hydrogen (secondary N) is 2. The van der Waals surface area contributed by atoms with Crippen molar-refractivity contribution in [3.05, 3.63) is 47.8 Å². The van der Waals surface area contributed by atoms with Gasteiger partial charge in [0.05, 0.1) is 41.2 Å². The molecular formula is C26H34N6O3. The van der Waals surface area contributed by atoms with E-state index >= 15 is 0 Å². The predicted octanol–water partition coefficient (Wildman–Crippen LogP) is 4.92. The second kappa shape index (κ2) is 11.2. The van der Waals surface area contributed by atoms with Crippen LogP contribution in [0, 0.1) is 0 Å². The lowest BCUT2D eigenvalue weighted by molar-refractivity contribution is 0.0936. The highest BCUT2D eigenvalue weighted by Gasteiger charge is 2.24. The minimum atomic E-state index is -0.180. The Kier molecular flexibility index (Phi) is 7.84. The molecule has 0 aliphatic heterocycles. The van der Waals surface area contributed by atoms with Crippen molar-refractivity contribution in [1.29, 1.82) is 0 Å². The van der Waals surface area contributed by atoms with Gasteiger partial charge < -0.3 is 20.6 Å². The number of ether oxygens (including phenoxy) is 1. The third-order valence-electron chi connectivity index (χ3n) is 6.57. The molecule has 1 aromatic carbocycles. The Balaban J connectivity index is 1.61. The molecule has 0 saturated heterocycles. The largest absolute Gasteiger partial charge is 0.494 e. The maximum atomic E-state index is 13.5. The van der Waals surface area contributed by atoms with Gasteiger partial charge in [0.15, 0.2) is 5.65 Å². The van der Waals surface area contributed by atoms with Gasteiger partial charge in [0.1, 0.15) is 5.75 Å². The molecule has 1 amide bonds. The van der Waals surface area contributed by atoms with E-state index in [1.54, 1.807) is 12.4 Å². The smallest absolute Gasteiger partial charge is 0.255 e. The zero-order valence-electron chi connectivity index (χ0n) is 20.6. The average Bonchev–Trinajstić information content (AvgIpc) is 3.32. The van der Waals surface area contributed by atoms with E-state index in [1.807, 2.05) is 42.8 Å². The fourth-order valence-electron chi connectivity index (χ4n) is 4.61. The highest BCUT2D eigenvalue weighted by molar-refractivity contribution is 6.06. The first-order chi connectivity index (χ1) is 17.1. The molecule has 3 aromatic rings. The van der Waals surface area contributed by atoms with Gasteiger partial charge in [-0.25, -0.2) is 9.67 Å². The van der Waals surface area contributed by atoms with Gasteiger partial charge in [-0.3, -0.25) is 4.79 Å². The van der Waals surface area contributed by atoms with Gasteiger partial charge >= 0.3 is 0 Å². The Morgan fingerprint density at radius 1 is 1.20 bits per heavy atom.